The van der Waals surface area contributed by atoms with Gasteiger partial charge in [0.15, 0.2) is 11.6 Å². The first-order valence-electron chi connectivity index (χ1n) is 17.5. The Morgan fingerprint density at radius 1 is 1.16 bits per heavy atom. The molecular weight excluding hydrogens is 632 g/mol. The van der Waals surface area contributed by atoms with Gasteiger partial charge < -0.3 is 25.7 Å². The number of azide groups is 1. The minimum Gasteiger partial charge on any atom is -0.396 e. The summed E-state index contributed by atoms with van der Waals surface area (Å²) in [6, 6.07) is 10.1. The molecule has 1 aliphatic heterocycles. The Morgan fingerprint density at radius 3 is 2.54 bits per heavy atom. The highest BCUT2D eigenvalue weighted by atomic mass is 19.2. The quantitative estimate of drug-likeness (QED) is 0.0475. The number of benzene rings is 2. The summed E-state index contributed by atoms with van der Waals surface area (Å²) in [5, 5.41) is 6.72. The van der Waals surface area contributed by atoms with E-state index in [9.17, 15) is 8.78 Å². The van der Waals surface area contributed by atoms with Crippen LogP contribution in [0.25, 0.3) is 16.5 Å². The molecule has 1 aliphatic rings. The van der Waals surface area contributed by atoms with E-state index in [0.29, 0.717) is 43.1 Å². The van der Waals surface area contributed by atoms with Gasteiger partial charge in [-0.3, -0.25) is 0 Å². The third kappa shape index (κ3) is 11.0. The van der Waals surface area contributed by atoms with Crippen LogP contribution in [0, 0.1) is 24.5 Å². The molecule has 0 spiro atoms. The van der Waals surface area contributed by atoms with E-state index in [4.69, 9.17) is 16.1 Å². The number of hydrogen-bond donors (Lipinski definition) is 2. The summed E-state index contributed by atoms with van der Waals surface area (Å²) < 4.78 is 28.0. The van der Waals surface area contributed by atoms with Gasteiger partial charge in [0.2, 0.25) is 0 Å². The minimum absolute atomic E-state index is 0.0578. The van der Waals surface area contributed by atoms with Gasteiger partial charge in [-0.25, -0.2) is 8.78 Å². The molecule has 0 fully saturated rings. The topological polar surface area (TPSA) is 103 Å². The van der Waals surface area contributed by atoms with E-state index in [1.807, 2.05) is 24.9 Å². The van der Waals surface area contributed by atoms with Gasteiger partial charge in [-0.05, 0) is 98.4 Å². The van der Waals surface area contributed by atoms with Crippen molar-refractivity contribution in [1.82, 2.24) is 15.1 Å². The maximum absolute atomic E-state index is 14.2. The molecule has 0 amide bonds. The highest BCUT2D eigenvalue weighted by molar-refractivity contribution is 5.54. The van der Waals surface area contributed by atoms with E-state index < -0.39 is 11.6 Å². The van der Waals surface area contributed by atoms with Crippen LogP contribution >= 0.6 is 0 Å². The standard InChI is InChI=1S/C40H55F2N7O/c1-9-32-17-19-34(28(4)23-32)16-12-13-21-40(43,10-2)22-14-15-30(6)49(11-3)27-31(7)48(8)37(25-33-18-20-35(41)36(42)24-33)38-39(50-47-46-44)29(5)26-45-38/h12,14-20,23-24,29,37,45H,6-7,9-11,13,21-22,25-27,43H2,1-5,8H3/b15-14+,16-12-. The number of hydrogen-bond acceptors (Lipinski definition) is 6. The SMILES string of the molecule is C=C(/C=C/CC(N)(CC)CC/C=C\c1ccc(CC)cc1C)N(CC)CC(=C)N(C)C(Cc1ccc(F)c(F)c1)C1=C(ON=[N+]=[N-])C(C)CN1. The molecule has 2 aromatic carbocycles. The first-order chi connectivity index (χ1) is 23.9. The van der Waals surface area contributed by atoms with Gasteiger partial charge in [0.05, 0.1) is 18.3 Å². The van der Waals surface area contributed by atoms with Crippen LogP contribution in [0.3, 0.4) is 0 Å². The number of nitrogens with one attached hydrogen (secondary N) is 1. The molecule has 8 nitrogen and oxygen atoms in total. The van der Waals surface area contributed by atoms with E-state index in [1.165, 1.54) is 22.8 Å². The molecular formula is C40H55F2N7O. The summed E-state index contributed by atoms with van der Waals surface area (Å²) >= 11 is 0. The highest BCUT2D eigenvalue weighted by Crippen LogP contribution is 2.30. The zero-order valence-electron chi connectivity index (χ0n) is 30.7. The van der Waals surface area contributed by atoms with Crippen molar-refractivity contribution in [3.8, 4) is 0 Å². The molecule has 10 heteroatoms. The molecule has 0 aromatic heterocycles. The fourth-order valence-corrected chi connectivity index (χ4v) is 6.17. The highest BCUT2D eigenvalue weighted by Gasteiger charge is 2.32. The molecule has 2 aromatic rings. The number of aryl methyl sites for hydroxylation is 2. The summed E-state index contributed by atoms with van der Waals surface area (Å²) in [4.78, 5) is 12.3. The predicted octanol–water partition coefficient (Wildman–Crippen LogP) is 9.27. The molecule has 0 saturated carbocycles. The molecule has 3 rings (SSSR count). The fourth-order valence-electron chi connectivity index (χ4n) is 6.17. The molecule has 0 bridgehead atoms. The van der Waals surface area contributed by atoms with Crippen LogP contribution in [0.5, 0.6) is 0 Å². The first-order valence-corrected chi connectivity index (χ1v) is 17.5. The van der Waals surface area contributed by atoms with Crippen LogP contribution < -0.4 is 11.1 Å². The predicted molar refractivity (Wildman–Crippen MR) is 201 cm³/mol. The molecule has 1 heterocycles. The normalized spacial score (nSPS) is 16.2. The Bertz CT molecular complexity index is 1630. The van der Waals surface area contributed by atoms with Gasteiger partial charge in [0.1, 0.15) is 11.0 Å². The number of nitrogens with zero attached hydrogens (tertiary/aromatic N) is 5. The molecule has 0 aliphatic carbocycles. The monoisotopic (exact) mass is 687 g/mol. The Balaban J connectivity index is 1.68. The van der Waals surface area contributed by atoms with Crippen LogP contribution in [0.2, 0.25) is 0 Å². The lowest BCUT2D eigenvalue weighted by Crippen LogP contribution is -2.41. The van der Waals surface area contributed by atoms with Crippen LogP contribution in [-0.2, 0) is 17.7 Å². The number of halogens is 2. The van der Waals surface area contributed by atoms with Gasteiger partial charge in [0, 0.05) is 47.9 Å². The summed E-state index contributed by atoms with van der Waals surface area (Å²) in [6.45, 7) is 20.9. The third-order valence-electron chi connectivity index (χ3n) is 9.75. The van der Waals surface area contributed by atoms with Gasteiger partial charge in [-0.15, -0.1) is 0 Å². The van der Waals surface area contributed by atoms with E-state index in [1.54, 1.807) is 6.07 Å². The second kappa shape index (κ2) is 19.0. The van der Waals surface area contributed by atoms with E-state index in [0.717, 1.165) is 49.6 Å². The van der Waals surface area contributed by atoms with Crippen molar-refractivity contribution in [2.75, 3.05) is 26.7 Å². The Labute approximate surface area is 297 Å². The zero-order chi connectivity index (χ0) is 36.8. The maximum atomic E-state index is 14.2. The number of rotatable bonds is 20. The van der Waals surface area contributed by atoms with E-state index >= 15 is 0 Å². The van der Waals surface area contributed by atoms with Crippen molar-refractivity contribution < 1.29 is 13.6 Å². The molecule has 3 atom stereocenters. The lowest BCUT2D eigenvalue weighted by molar-refractivity contribution is 0.186. The van der Waals surface area contributed by atoms with Crippen molar-refractivity contribution in [2.45, 2.75) is 84.7 Å². The lowest BCUT2D eigenvalue weighted by atomic mass is 9.87. The van der Waals surface area contributed by atoms with Crippen LogP contribution in [0.4, 0.5) is 8.78 Å². The molecule has 50 heavy (non-hydrogen) atoms. The average molecular weight is 688 g/mol. The number of allylic oxidation sites excluding steroid dienone is 2. The van der Waals surface area contributed by atoms with Crippen molar-refractivity contribution in [1.29, 1.82) is 0 Å². The Kier molecular flexibility index (Phi) is 15.2. The minimum atomic E-state index is -0.913. The lowest BCUT2D eigenvalue weighted by Gasteiger charge is -2.36. The molecule has 0 saturated heterocycles. The Hall–Kier alpha value is -4.53. The summed E-state index contributed by atoms with van der Waals surface area (Å²) in [5.41, 5.74) is 22.2. The summed E-state index contributed by atoms with van der Waals surface area (Å²) in [5.74, 6) is -1.37. The molecule has 270 valence electrons. The average Bonchev–Trinajstić information content (AvgIpc) is 3.47. The zero-order valence-corrected chi connectivity index (χ0v) is 30.7. The summed E-state index contributed by atoms with van der Waals surface area (Å²) in [7, 11) is 1.90. The van der Waals surface area contributed by atoms with Gasteiger partial charge >= 0.3 is 0 Å². The van der Waals surface area contributed by atoms with Crippen molar-refractivity contribution in [3.05, 3.63) is 135 Å². The van der Waals surface area contributed by atoms with Crippen molar-refractivity contribution in [2.24, 2.45) is 16.9 Å². The van der Waals surface area contributed by atoms with Gasteiger partial charge in [0.25, 0.3) is 0 Å². The molecule has 3 N–H and O–H groups in total. The Morgan fingerprint density at radius 2 is 1.90 bits per heavy atom. The first kappa shape index (κ1) is 39.9. The van der Waals surface area contributed by atoms with E-state index in [2.05, 4.69) is 97.7 Å². The number of nitrogens with two attached hydrogens (primary N) is 1. The summed E-state index contributed by atoms with van der Waals surface area (Å²) in [6.07, 6.45) is 13.3. The maximum Gasteiger partial charge on any atom is 0.159 e. The van der Waals surface area contributed by atoms with Crippen LogP contribution in [0.1, 0.15) is 75.6 Å². The van der Waals surface area contributed by atoms with Crippen molar-refractivity contribution in [3.63, 3.8) is 0 Å². The second-order valence-electron chi connectivity index (χ2n) is 13.3. The third-order valence-corrected chi connectivity index (χ3v) is 9.75. The fraction of sp³-hybridized carbons (Fsp3) is 0.450. The number of likely N-dealkylation sites (N-methyl/N-ethyl adjacent to an activating group) is 2. The largest absolute Gasteiger partial charge is 0.396 e. The smallest absolute Gasteiger partial charge is 0.159 e. The van der Waals surface area contributed by atoms with Gasteiger partial charge in [-0.1, -0.05) is 76.4 Å². The van der Waals surface area contributed by atoms with Gasteiger partial charge in [-0.2, -0.15) is 0 Å². The van der Waals surface area contributed by atoms with E-state index in [-0.39, 0.29) is 17.5 Å². The molecule has 0 radical (unpaired) electrons. The van der Waals surface area contributed by atoms with Crippen LogP contribution in [-0.4, -0.2) is 48.1 Å². The second-order valence-corrected chi connectivity index (χ2v) is 13.3. The van der Waals surface area contributed by atoms with Crippen LogP contribution in [0.15, 0.2) is 95.9 Å². The molecule has 3 unspecified atom stereocenters. The van der Waals surface area contributed by atoms with Crippen molar-refractivity contribution >= 4 is 6.08 Å².